The molecule has 3 rings (SSSR count). The van der Waals surface area contributed by atoms with E-state index in [9.17, 15) is 4.79 Å². The van der Waals surface area contributed by atoms with Crippen molar-refractivity contribution in [3.63, 3.8) is 0 Å². The lowest BCUT2D eigenvalue weighted by molar-refractivity contribution is -0.115. The number of hydrogen-bond donors (Lipinski definition) is 2. The zero-order chi connectivity index (χ0) is 17.1. The Bertz CT molecular complexity index is 741. The summed E-state index contributed by atoms with van der Waals surface area (Å²) in [5, 5.41) is 3.10. The van der Waals surface area contributed by atoms with E-state index in [2.05, 4.69) is 35.3 Å². The van der Waals surface area contributed by atoms with Crippen LogP contribution in [0.5, 0.6) is 0 Å². The van der Waals surface area contributed by atoms with Crippen LogP contribution in [0.3, 0.4) is 0 Å². The predicted octanol–water partition coefficient (Wildman–Crippen LogP) is 2.89. The van der Waals surface area contributed by atoms with Gasteiger partial charge in [-0.15, -0.1) is 0 Å². The Labute approximate surface area is 143 Å². The van der Waals surface area contributed by atoms with Gasteiger partial charge in [0.1, 0.15) is 0 Å². The first-order valence-electron chi connectivity index (χ1n) is 8.55. The number of aryl methyl sites for hydroxylation is 2. The van der Waals surface area contributed by atoms with Crippen molar-refractivity contribution >= 4 is 17.3 Å². The molecule has 0 bridgehead atoms. The van der Waals surface area contributed by atoms with E-state index in [0.717, 1.165) is 29.8 Å². The fourth-order valence-corrected chi connectivity index (χ4v) is 3.42. The standard InChI is InChI=1S/C20H25N3O/c1-3-15-9-6-7-14(2)20(15)22-19(24)13-23-12-17(21)11-16-8-4-5-10-18(16)23/h4-10,17H,3,11-13,21H2,1-2H3,(H,22,24). The van der Waals surface area contributed by atoms with Gasteiger partial charge >= 0.3 is 0 Å². The molecule has 0 saturated carbocycles. The first kappa shape index (κ1) is 16.5. The van der Waals surface area contributed by atoms with Gasteiger partial charge in [-0.25, -0.2) is 0 Å². The molecule has 0 aromatic heterocycles. The molecule has 0 aliphatic carbocycles. The summed E-state index contributed by atoms with van der Waals surface area (Å²) in [6, 6.07) is 14.4. The van der Waals surface area contributed by atoms with Gasteiger partial charge in [0.05, 0.1) is 6.54 Å². The van der Waals surface area contributed by atoms with Crippen molar-refractivity contribution in [3.05, 3.63) is 59.2 Å². The Morgan fingerprint density at radius 3 is 2.83 bits per heavy atom. The van der Waals surface area contributed by atoms with Gasteiger partial charge in [-0.2, -0.15) is 0 Å². The van der Waals surface area contributed by atoms with E-state index in [1.165, 1.54) is 11.1 Å². The molecular formula is C20H25N3O. The minimum atomic E-state index is 0.00269. The van der Waals surface area contributed by atoms with E-state index in [0.29, 0.717) is 13.1 Å². The monoisotopic (exact) mass is 323 g/mol. The summed E-state index contributed by atoms with van der Waals surface area (Å²) in [7, 11) is 0. The smallest absolute Gasteiger partial charge is 0.243 e. The van der Waals surface area contributed by atoms with Gasteiger partial charge in [0.25, 0.3) is 0 Å². The fraction of sp³-hybridized carbons (Fsp3) is 0.350. The van der Waals surface area contributed by atoms with Crippen LogP contribution in [-0.4, -0.2) is 25.0 Å². The summed E-state index contributed by atoms with van der Waals surface area (Å²) in [5.74, 6) is 0.00269. The Hall–Kier alpha value is -2.33. The highest BCUT2D eigenvalue weighted by Crippen LogP contribution is 2.26. The van der Waals surface area contributed by atoms with Crippen LogP contribution in [0, 0.1) is 6.92 Å². The molecule has 4 nitrogen and oxygen atoms in total. The molecule has 1 heterocycles. The predicted molar refractivity (Wildman–Crippen MR) is 99.5 cm³/mol. The van der Waals surface area contributed by atoms with Gasteiger partial charge < -0.3 is 16.0 Å². The first-order chi connectivity index (χ1) is 11.6. The number of hydrogen-bond acceptors (Lipinski definition) is 3. The van der Waals surface area contributed by atoms with E-state index in [-0.39, 0.29) is 11.9 Å². The number of nitrogens with two attached hydrogens (primary N) is 1. The average molecular weight is 323 g/mol. The second-order valence-corrected chi connectivity index (χ2v) is 6.48. The molecule has 0 fully saturated rings. The number of anilines is 2. The molecule has 1 unspecified atom stereocenters. The second-order valence-electron chi connectivity index (χ2n) is 6.48. The highest BCUT2D eigenvalue weighted by Gasteiger charge is 2.23. The van der Waals surface area contributed by atoms with Crippen molar-refractivity contribution < 1.29 is 4.79 Å². The Kier molecular flexibility index (Phi) is 4.86. The largest absolute Gasteiger partial charge is 0.360 e. The summed E-state index contributed by atoms with van der Waals surface area (Å²) in [4.78, 5) is 14.7. The maximum Gasteiger partial charge on any atom is 0.243 e. The molecule has 2 aromatic carbocycles. The maximum absolute atomic E-state index is 12.6. The second kappa shape index (κ2) is 7.05. The molecule has 0 radical (unpaired) electrons. The number of carbonyl (C=O) groups excluding carboxylic acids is 1. The molecule has 1 atom stereocenters. The Balaban J connectivity index is 1.77. The highest BCUT2D eigenvalue weighted by molar-refractivity contribution is 5.95. The number of benzene rings is 2. The van der Waals surface area contributed by atoms with E-state index >= 15 is 0 Å². The molecule has 126 valence electrons. The number of nitrogens with one attached hydrogen (secondary N) is 1. The molecular weight excluding hydrogens is 298 g/mol. The van der Waals surface area contributed by atoms with Gasteiger partial charge in [0.15, 0.2) is 0 Å². The minimum Gasteiger partial charge on any atom is -0.360 e. The van der Waals surface area contributed by atoms with Gasteiger partial charge in [0, 0.05) is 24.0 Å². The number of carbonyl (C=O) groups is 1. The van der Waals surface area contributed by atoms with Gasteiger partial charge in [-0.1, -0.05) is 43.3 Å². The number of fused-ring (bicyclic) bond motifs is 1. The van der Waals surface area contributed by atoms with Crippen LogP contribution in [0.15, 0.2) is 42.5 Å². The van der Waals surface area contributed by atoms with Crippen molar-refractivity contribution in [2.45, 2.75) is 32.7 Å². The first-order valence-corrected chi connectivity index (χ1v) is 8.55. The van der Waals surface area contributed by atoms with E-state index in [1.54, 1.807) is 0 Å². The minimum absolute atomic E-state index is 0.00269. The van der Waals surface area contributed by atoms with Crippen molar-refractivity contribution in [2.24, 2.45) is 5.73 Å². The highest BCUT2D eigenvalue weighted by atomic mass is 16.2. The van der Waals surface area contributed by atoms with Gasteiger partial charge in [-0.3, -0.25) is 4.79 Å². The van der Waals surface area contributed by atoms with Crippen LogP contribution in [0.1, 0.15) is 23.6 Å². The van der Waals surface area contributed by atoms with Crippen LogP contribution in [-0.2, 0) is 17.6 Å². The molecule has 0 saturated heterocycles. The molecule has 1 amide bonds. The van der Waals surface area contributed by atoms with Crippen molar-refractivity contribution in [2.75, 3.05) is 23.3 Å². The van der Waals surface area contributed by atoms with Crippen molar-refractivity contribution in [1.29, 1.82) is 0 Å². The Morgan fingerprint density at radius 1 is 1.25 bits per heavy atom. The lowest BCUT2D eigenvalue weighted by Crippen LogP contribution is -2.46. The summed E-state index contributed by atoms with van der Waals surface area (Å²) in [5.41, 5.74) is 11.7. The molecule has 24 heavy (non-hydrogen) atoms. The molecule has 2 aromatic rings. The fourth-order valence-electron chi connectivity index (χ4n) is 3.42. The van der Waals surface area contributed by atoms with Crippen LogP contribution in [0.2, 0.25) is 0 Å². The zero-order valence-electron chi connectivity index (χ0n) is 14.4. The third-order valence-electron chi connectivity index (χ3n) is 4.61. The van der Waals surface area contributed by atoms with Crippen LogP contribution in [0.4, 0.5) is 11.4 Å². The van der Waals surface area contributed by atoms with Gasteiger partial charge in [0.2, 0.25) is 5.91 Å². The lowest BCUT2D eigenvalue weighted by Gasteiger charge is -2.34. The van der Waals surface area contributed by atoms with Crippen molar-refractivity contribution in [1.82, 2.24) is 0 Å². The van der Waals surface area contributed by atoms with Crippen molar-refractivity contribution in [3.8, 4) is 0 Å². The summed E-state index contributed by atoms with van der Waals surface area (Å²) in [6.45, 7) is 5.16. The summed E-state index contributed by atoms with van der Waals surface area (Å²) in [6.07, 6.45) is 1.76. The van der Waals surface area contributed by atoms with Crippen LogP contribution in [0.25, 0.3) is 0 Å². The number of amides is 1. The Morgan fingerprint density at radius 2 is 2.04 bits per heavy atom. The normalized spacial score (nSPS) is 16.6. The molecule has 0 spiro atoms. The third-order valence-corrected chi connectivity index (χ3v) is 4.61. The topological polar surface area (TPSA) is 58.4 Å². The molecule has 3 N–H and O–H groups in total. The van der Waals surface area contributed by atoms with E-state index in [4.69, 9.17) is 5.73 Å². The van der Waals surface area contributed by atoms with Crippen LogP contribution < -0.4 is 16.0 Å². The van der Waals surface area contributed by atoms with Crippen LogP contribution >= 0.6 is 0 Å². The number of para-hydroxylation sites is 2. The number of rotatable bonds is 4. The molecule has 4 heteroatoms. The third kappa shape index (κ3) is 3.44. The average Bonchev–Trinajstić information content (AvgIpc) is 2.56. The quantitative estimate of drug-likeness (QED) is 0.909. The molecule has 1 aliphatic heterocycles. The lowest BCUT2D eigenvalue weighted by atomic mass is 9.98. The molecule has 1 aliphatic rings. The van der Waals surface area contributed by atoms with Gasteiger partial charge in [-0.05, 0) is 42.5 Å². The maximum atomic E-state index is 12.6. The number of nitrogens with zero attached hydrogens (tertiary/aromatic N) is 1. The zero-order valence-corrected chi connectivity index (χ0v) is 14.4. The summed E-state index contributed by atoms with van der Waals surface area (Å²) < 4.78 is 0. The van der Waals surface area contributed by atoms with E-state index in [1.807, 2.05) is 31.2 Å². The summed E-state index contributed by atoms with van der Waals surface area (Å²) >= 11 is 0. The SMILES string of the molecule is CCc1cccc(C)c1NC(=O)CN1CC(N)Cc2ccccc21. The van der Waals surface area contributed by atoms with E-state index < -0.39 is 0 Å².